The molecule has 0 spiro atoms. The highest BCUT2D eigenvalue weighted by Gasteiger charge is 2.18. The maximum Gasteiger partial charge on any atom is 0.197 e. The fourth-order valence-electron chi connectivity index (χ4n) is 1.92. The molecule has 0 aliphatic heterocycles. The molecule has 2 aromatic rings. The summed E-state index contributed by atoms with van der Waals surface area (Å²) in [4.78, 5) is 12.4. The summed E-state index contributed by atoms with van der Waals surface area (Å²) in [6, 6.07) is 10.0. The van der Waals surface area contributed by atoms with Crippen molar-refractivity contribution in [2.45, 2.75) is 13.8 Å². The minimum atomic E-state index is -0.505. The van der Waals surface area contributed by atoms with Crippen LogP contribution < -0.4 is 0 Å². The van der Waals surface area contributed by atoms with E-state index in [2.05, 4.69) is 15.9 Å². The highest BCUT2D eigenvalue weighted by molar-refractivity contribution is 9.10. The number of rotatable bonds is 2. The van der Waals surface area contributed by atoms with E-state index < -0.39 is 5.82 Å². The van der Waals surface area contributed by atoms with Crippen LogP contribution in [0.25, 0.3) is 0 Å². The van der Waals surface area contributed by atoms with E-state index >= 15 is 0 Å². The minimum Gasteiger partial charge on any atom is -0.288 e. The van der Waals surface area contributed by atoms with Crippen molar-refractivity contribution in [1.29, 1.82) is 0 Å². The molecular weight excluding hydrogens is 295 g/mol. The first-order chi connectivity index (χ1) is 8.50. The lowest BCUT2D eigenvalue weighted by atomic mass is 9.97. The molecule has 0 saturated heterocycles. The van der Waals surface area contributed by atoms with Crippen LogP contribution in [0.3, 0.4) is 0 Å². The molecule has 3 heteroatoms. The quantitative estimate of drug-likeness (QED) is 0.750. The van der Waals surface area contributed by atoms with Crippen molar-refractivity contribution in [2.24, 2.45) is 0 Å². The predicted molar refractivity (Wildman–Crippen MR) is 73.4 cm³/mol. The van der Waals surface area contributed by atoms with Crippen molar-refractivity contribution in [2.75, 3.05) is 0 Å². The normalized spacial score (nSPS) is 10.4. The number of hydrogen-bond acceptors (Lipinski definition) is 1. The minimum absolute atomic E-state index is 0.0875. The summed E-state index contributed by atoms with van der Waals surface area (Å²) >= 11 is 3.22. The van der Waals surface area contributed by atoms with Crippen LogP contribution in [-0.2, 0) is 0 Å². The second-order valence-corrected chi connectivity index (χ2v) is 5.10. The van der Waals surface area contributed by atoms with Crippen LogP contribution in [0.2, 0.25) is 0 Å². The number of aryl methyl sites for hydroxylation is 2. The zero-order chi connectivity index (χ0) is 13.3. The number of carbonyl (C=O) groups is 1. The lowest BCUT2D eigenvalue weighted by molar-refractivity contribution is 0.103. The topological polar surface area (TPSA) is 17.1 Å². The van der Waals surface area contributed by atoms with Gasteiger partial charge in [-0.3, -0.25) is 4.79 Å². The monoisotopic (exact) mass is 306 g/mol. The van der Waals surface area contributed by atoms with E-state index in [1.807, 2.05) is 26.0 Å². The molecule has 1 nitrogen and oxygen atoms in total. The van der Waals surface area contributed by atoms with Crippen molar-refractivity contribution in [1.82, 2.24) is 0 Å². The molecule has 2 rings (SSSR count). The maximum atomic E-state index is 13.7. The van der Waals surface area contributed by atoms with Gasteiger partial charge in [-0.15, -0.1) is 0 Å². The molecule has 0 atom stereocenters. The van der Waals surface area contributed by atoms with Gasteiger partial charge >= 0.3 is 0 Å². The Morgan fingerprint density at radius 1 is 1.17 bits per heavy atom. The van der Waals surface area contributed by atoms with E-state index in [0.717, 1.165) is 11.1 Å². The SMILES string of the molecule is Cc1ccc(C(=O)c2c(F)cccc2Br)c(C)c1. The van der Waals surface area contributed by atoms with Gasteiger partial charge < -0.3 is 0 Å². The van der Waals surface area contributed by atoms with Crippen LogP contribution in [0, 0.1) is 19.7 Å². The Bertz CT molecular complexity index is 600. The lowest BCUT2D eigenvalue weighted by Crippen LogP contribution is -2.07. The smallest absolute Gasteiger partial charge is 0.197 e. The second kappa shape index (κ2) is 5.02. The molecule has 0 saturated carbocycles. The standard InChI is InChI=1S/C15H12BrFO/c1-9-6-7-11(10(2)8-9)15(18)14-12(16)4-3-5-13(14)17/h3-8H,1-2H3. The van der Waals surface area contributed by atoms with Crippen LogP contribution in [0.5, 0.6) is 0 Å². The van der Waals surface area contributed by atoms with E-state index in [1.54, 1.807) is 18.2 Å². The number of benzene rings is 2. The Balaban J connectivity index is 2.55. The summed E-state index contributed by atoms with van der Waals surface area (Å²) in [6.07, 6.45) is 0. The molecule has 18 heavy (non-hydrogen) atoms. The zero-order valence-electron chi connectivity index (χ0n) is 10.1. The van der Waals surface area contributed by atoms with Crippen LogP contribution in [-0.4, -0.2) is 5.78 Å². The molecule has 0 heterocycles. The fraction of sp³-hybridized carbons (Fsp3) is 0.133. The molecule has 2 aromatic carbocycles. The van der Waals surface area contributed by atoms with Gasteiger partial charge in [-0.1, -0.05) is 29.8 Å². The number of hydrogen-bond donors (Lipinski definition) is 0. The first kappa shape index (κ1) is 13.0. The molecule has 0 radical (unpaired) electrons. The van der Waals surface area contributed by atoms with Crippen molar-refractivity contribution in [3.63, 3.8) is 0 Å². The average molecular weight is 307 g/mol. The van der Waals surface area contributed by atoms with Crippen molar-refractivity contribution < 1.29 is 9.18 Å². The highest BCUT2D eigenvalue weighted by atomic mass is 79.9. The average Bonchev–Trinajstić information content (AvgIpc) is 2.28. The lowest BCUT2D eigenvalue weighted by Gasteiger charge is -2.08. The highest BCUT2D eigenvalue weighted by Crippen LogP contribution is 2.24. The van der Waals surface area contributed by atoms with Crippen LogP contribution in [0.4, 0.5) is 4.39 Å². The fourth-order valence-corrected chi connectivity index (χ4v) is 2.44. The summed E-state index contributed by atoms with van der Waals surface area (Å²) in [6.45, 7) is 3.81. The third-order valence-electron chi connectivity index (χ3n) is 2.82. The molecule has 0 amide bonds. The Labute approximate surface area is 114 Å². The largest absolute Gasteiger partial charge is 0.288 e. The van der Waals surface area contributed by atoms with E-state index in [-0.39, 0.29) is 11.3 Å². The van der Waals surface area contributed by atoms with Gasteiger partial charge in [0.2, 0.25) is 0 Å². The first-order valence-electron chi connectivity index (χ1n) is 5.56. The Hall–Kier alpha value is -1.48. The van der Waals surface area contributed by atoms with E-state index in [1.165, 1.54) is 6.07 Å². The summed E-state index contributed by atoms with van der Waals surface area (Å²) in [5.41, 5.74) is 2.56. The number of halogens is 2. The summed E-state index contributed by atoms with van der Waals surface area (Å²) in [5, 5.41) is 0. The zero-order valence-corrected chi connectivity index (χ0v) is 11.7. The number of carbonyl (C=O) groups excluding carboxylic acids is 1. The molecule has 0 unspecified atom stereocenters. The van der Waals surface area contributed by atoms with Gasteiger partial charge in [0, 0.05) is 10.0 Å². The molecule has 0 N–H and O–H groups in total. The number of ketones is 1. The van der Waals surface area contributed by atoms with E-state index in [9.17, 15) is 9.18 Å². The molecule has 0 aromatic heterocycles. The molecular formula is C15H12BrFO. The van der Waals surface area contributed by atoms with E-state index in [0.29, 0.717) is 10.0 Å². The van der Waals surface area contributed by atoms with Gasteiger partial charge in [-0.05, 0) is 47.5 Å². The molecule has 0 bridgehead atoms. The van der Waals surface area contributed by atoms with Crippen LogP contribution in [0.15, 0.2) is 40.9 Å². The van der Waals surface area contributed by atoms with Crippen LogP contribution >= 0.6 is 15.9 Å². The predicted octanol–water partition coefficient (Wildman–Crippen LogP) is 4.44. The Morgan fingerprint density at radius 2 is 1.89 bits per heavy atom. The van der Waals surface area contributed by atoms with Gasteiger partial charge in [0.05, 0.1) is 5.56 Å². The third kappa shape index (κ3) is 2.36. The van der Waals surface area contributed by atoms with Crippen molar-refractivity contribution in [3.8, 4) is 0 Å². The molecule has 0 fully saturated rings. The summed E-state index contributed by atoms with van der Waals surface area (Å²) in [5.74, 6) is -0.799. The first-order valence-corrected chi connectivity index (χ1v) is 6.36. The van der Waals surface area contributed by atoms with Gasteiger partial charge in [-0.25, -0.2) is 4.39 Å². The van der Waals surface area contributed by atoms with E-state index in [4.69, 9.17) is 0 Å². The molecule has 92 valence electrons. The van der Waals surface area contributed by atoms with Gasteiger partial charge in [-0.2, -0.15) is 0 Å². The molecule has 0 aliphatic rings. The van der Waals surface area contributed by atoms with Gasteiger partial charge in [0.1, 0.15) is 5.82 Å². The second-order valence-electron chi connectivity index (χ2n) is 4.24. The molecule has 0 aliphatic carbocycles. The maximum absolute atomic E-state index is 13.7. The third-order valence-corrected chi connectivity index (χ3v) is 3.48. The van der Waals surface area contributed by atoms with Gasteiger partial charge in [0.15, 0.2) is 5.78 Å². The Kier molecular flexibility index (Phi) is 3.62. The van der Waals surface area contributed by atoms with Crippen molar-refractivity contribution in [3.05, 3.63) is 68.9 Å². The van der Waals surface area contributed by atoms with Gasteiger partial charge in [0.25, 0.3) is 0 Å². The summed E-state index contributed by atoms with van der Waals surface area (Å²) < 4.78 is 14.2. The summed E-state index contributed by atoms with van der Waals surface area (Å²) in [7, 11) is 0. The van der Waals surface area contributed by atoms with Crippen LogP contribution in [0.1, 0.15) is 27.0 Å². The Morgan fingerprint density at radius 3 is 2.50 bits per heavy atom. The van der Waals surface area contributed by atoms with Crippen molar-refractivity contribution >= 4 is 21.7 Å².